The first kappa shape index (κ1) is 31.9. The average Bonchev–Trinajstić information content (AvgIpc) is 3.81. The van der Waals surface area contributed by atoms with Gasteiger partial charge >= 0.3 is 0 Å². The van der Waals surface area contributed by atoms with Crippen LogP contribution in [-0.2, 0) is 21.4 Å². The van der Waals surface area contributed by atoms with Crippen molar-refractivity contribution in [2.24, 2.45) is 0 Å². The molecule has 3 heterocycles. The number of benzene rings is 2. The first-order chi connectivity index (χ1) is 21.3. The summed E-state index contributed by atoms with van der Waals surface area (Å²) in [6.45, 7) is 3.03. The van der Waals surface area contributed by atoms with Gasteiger partial charge in [0.2, 0.25) is 21.1 Å². The molecule has 0 atom stereocenters. The summed E-state index contributed by atoms with van der Waals surface area (Å²) in [6, 6.07) is 13.2. The molecule has 0 saturated carbocycles. The molecule has 1 aliphatic rings. The van der Waals surface area contributed by atoms with Gasteiger partial charge in [-0.15, -0.1) is 20.4 Å². The normalized spacial score (nSPS) is 13.6. The van der Waals surface area contributed by atoms with Gasteiger partial charge in [-0.05, 0) is 55.0 Å². The van der Waals surface area contributed by atoms with Gasteiger partial charge in [0.1, 0.15) is 5.75 Å². The first-order valence-corrected chi connectivity index (χ1v) is 17.9. The fraction of sp³-hybridized carbons (Fsp3) is 0.333. The van der Waals surface area contributed by atoms with Gasteiger partial charge in [-0.1, -0.05) is 53.9 Å². The van der Waals surface area contributed by atoms with Crippen molar-refractivity contribution in [2.75, 3.05) is 37.0 Å². The molecular formula is C27H30N8O5S4. The highest BCUT2D eigenvalue weighted by Crippen LogP contribution is 2.30. The Morgan fingerprint density at radius 2 is 1.75 bits per heavy atom. The number of amides is 2. The lowest BCUT2D eigenvalue weighted by molar-refractivity contribution is -0.113. The van der Waals surface area contributed by atoms with Crippen molar-refractivity contribution < 1.29 is 22.7 Å². The second kappa shape index (κ2) is 14.5. The van der Waals surface area contributed by atoms with E-state index >= 15 is 0 Å². The summed E-state index contributed by atoms with van der Waals surface area (Å²) in [5.41, 5.74) is 0.936. The van der Waals surface area contributed by atoms with Gasteiger partial charge in [-0.2, -0.15) is 4.31 Å². The third-order valence-corrected chi connectivity index (χ3v) is 11.2. The molecular weight excluding hydrogens is 645 g/mol. The van der Waals surface area contributed by atoms with E-state index in [1.165, 1.54) is 51.7 Å². The predicted octanol–water partition coefficient (Wildman–Crippen LogP) is 3.68. The third kappa shape index (κ3) is 7.40. The van der Waals surface area contributed by atoms with E-state index in [2.05, 4.69) is 31.0 Å². The summed E-state index contributed by atoms with van der Waals surface area (Å²) < 4.78 is 35.2. The zero-order valence-electron chi connectivity index (χ0n) is 23.9. The molecule has 2 aromatic carbocycles. The lowest BCUT2D eigenvalue weighted by Crippen LogP contribution is -2.28. The van der Waals surface area contributed by atoms with E-state index in [-0.39, 0.29) is 23.1 Å². The van der Waals surface area contributed by atoms with Crippen LogP contribution in [0.2, 0.25) is 0 Å². The second-order valence-corrected chi connectivity index (χ2v) is 14.7. The Balaban J connectivity index is 1.29. The number of nitrogens with zero attached hydrogens (tertiary/aromatic N) is 6. The molecule has 0 unspecified atom stereocenters. The molecule has 4 aromatic rings. The number of para-hydroxylation sites is 2. The Hall–Kier alpha value is -3.51. The van der Waals surface area contributed by atoms with Gasteiger partial charge in [0.25, 0.3) is 5.91 Å². The summed E-state index contributed by atoms with van der Waals surface area (Å²) in [4.78, 5) is 25.9. The number of carbonyl (C=O) groups excluding carboxylic acids is 2. The standard InChI is InChI=1S/C27H30N8O5S4/c1-3-41-27-33-31-25(43-27)29-23(36)17-42-26-32-30-22(35(26)20-8-4-5-9-21(20)40-2)16-28-24(37)18-10-12-19(13-11-18)44(38,39)34-14-6-7-15-34/h4-5,8-13H,3,6-7,14-17H2,1-2H3,(H,28,37)(H,29,31,36). The Bertz CT molecular complexity index is 1720. The van der Waals surface area contributed by atoms with Gasteiger partial charge in [0.05, 0.1) is 30.0 Å². The number of aromatic nitrogens is 5. The Labute approximate surface area is 267 Å². The van der Waals surface area contributed by atoms with Crippen molar-refractivity contribution in [1.82, 2.24) is 34.6 Å². The molecule has 0 bridgehead atoms. The van der Waals surface area contributed by atoms with Crippen LogP contribution >= 0.6 is 34.9 Å². The minimum atomic E-state index is -3.58. The summed E-state index contributed by atoms with van der Waals surface area (Å²) in [6.07, 6.45) is 1.69. The molecule has 1 fully saturated rings. The maximum absolute atomic E-state index is 13.0. The molecule has 232 valence electrons. The maximum atomic E-state index is 13.0. The van der Waals surface area contributed by atoms with Crippen LogP contribution in [0, 0.1) is 0 Å². The van der Waals surface area contributed by atoms with E-state index < -0.39 is 15.9 Å². The van der Waals surface area contributed by atoms with E-state index in [0.717, 1.165) is 22.9 Å². The van der Waals surface area contributed by atoms with Crippen molar-refractivity contribution in [1.29, 1.82) is 0 Å². The highest BCUT2D eigenvalue weighted by atomic mass is 32.2. The fourth-order valence-electron chi connectivity index (χ4n) is 4.41. The fourth-order valence-corrected chi connectivity index (χ4v) is 8.36. The summed E-state index contributed by atoms with van der Waals surface area (Å²) in [5.74, 6) is 1.16. The number of hydrogen-bond acceptors (Lipinski definition) is 12. The predicted molar refractivity (Wildman–Crippen MR) is 169 cm³/mol. The zero-order chi connectivity index (χ0) is 31.1. The summed E-state index contributed by atoms with van der Waals surface area (Å²) in [5, 5.41) is 23.1. The Kier molecular flexibility index (Phi) is 10.5. The third-order valence-electron chi connectivity index (χ3n) is 6.51. The number of rotatable bonds is 13. The number of methoxy groups -OCH3 is 1. The van der Waals surface area contributed by atoms with Crippen LogP contribution in [-0.4, -0.2) is 81.2 Å². The van der Waals surface area contributed by atoms with Gasteiger partial charge < -0.3 is 10.1 Å². The van der Waals surface area contributed by atoms with E-state index in [4.69, 9.17) is 4.74 Å². The number of thioether (sulfide) groups is 2. The molecule has 2 aromatic heterocycles. The molecule has 0 radical (unpaired) electrons. The molecule has 1 saturated heterocycles. The SMILES string of the molecule is CCSc1nnc(NC(=O)CSc2nnc(CNC(=O)c3ccc(S(=O)(=O)N4CCCC4)cc3)n2-c2ccccc2OC)s1. The molecule has 44 heavy (non-hydrogen) atoms. The molecule has 13 nitrogen and oxygen atoms in total. The molecule has 5 rings (SSSR count). The van der Waals surface area contributed by atoms with Crippen LogP contribution in [0.25, 0.3) is 5.69 Å². The van der Waals surface area contributed by atoms with E-state index in [1.807, 2.05) is 25.1 Å². The molecule has 0 spiro atoms. The Morgan fingerprint density at radius 1 is 1.00 bits per heavy atom. The van der Waals surface area contributed by atoms with Crippen molar-refractivity contribution in [3.05, 3.63) is 59.9 Å². The lowest BCUT2D eigenvalue weighted by atomic mass is 10.2. The number of ether oxygens (including phenoxy) is 1. The average molecular weight is 675 g/mol. The van der Waals surface area contributed by atoms with Crippen LogP contribution in [0.15, 0.2) is 62.9 Å². The highest BCUT2D eigenvalue weighted by Gasteiger charge is 2.27. The Morgan fingerprint density at radius 3 is 2.48 bits per heavy atom. The number of nitrogens with one attached hydrogen (secondary N) is 2. The minimum Gasteiger partial charge on any atom is -0.495 e. The molecule has 2 N–H and O–H groups in total. The van der Waals surface area contributed by atoms with E-state index in [1.54, 1.807) is 29.5 Å². The van der Waals surface area contributed by atoms with E-state index in [9.17, 15) is 18.0 Å². The van der Waals surface area contributed by atoms with Crippen LogP contribution < -0.4 is 15.4 Å². The summed E-state index contributed by atoms with van der Waals surface area (Å²) >= 11 is 4.03. The van der Waals surface area contributed by atoms with Gasteiger partial charge in [-0.3, -0.25) is 19.5 Å². The monoisotopic (exact) mass is 674 g/mol. The quantitative estimate of drug-likeness (QED) is 0.157. The van der Waals surface area contributed by atoms with Crippen molar-refractivity contribution in [3.8, 4) is 11.4 Å². The number of carbonyl (C=O) groups is 2. The maximum Gasteiger partial charge on any atom is 0.251 e. The number of hydrogen-bond donors (Lipinski definition) is 2. The summed E-state index contributed by atoms with van der Waals surface area (Å²) in [7, 11) is -2.03. The van der Waals surface area contributed by atoms with Gasteiger partial charge in [0.15, 0.2) is 15.3 Å². The number of anilines is 1. The van der Waals surface area contributed by atoms with Crippen LogP contribution in [0.3, 0.4) is 0 Å². The minimum absolute atomic E-state index is 0.00707. The smallest absolute Gasteiger partial charge is 0.251 e. The van der Waals surface area contributed by atoms with Crippen LogP contribution in [0.1, 0.15) is 35.9 Å². The molecule has 17 heteroatoms. The second-order valence-electron chi connectivity index (χ2n) is 9.37. The molecule has 2 amide bonds. The number of sulfonamides is 1. The van der Waals surface area contributed by atoms with Crippen LogP contribution in [0.4, 0.5) is 5.13 Å². The largest absolute Gasteiger partial charge is 0.495 e. The van der Waals surface area contributed by atoms with Crippen molar-refractivity contribution in [3.63, 3.8) is 0 Å². The lowest BCUT2D eigenvalue weighted by Gasteiger charge is -2.15. The van der Waals surface area contributed by atoms with Gasteiger partial charge in [-0.25, -0.2) is 8.42 Å². The topological polar surface area (TPSA) is 161 Å². The highest BCUT2D eigenvalue weighted by molar-refractivity contribution is 8.01. The van der Waals surface area contributed by atoms with Gasteiger partial charge in [0, 0.05) is 18.7 Å². The van der Waals surface area contributed by atoms with Crippen molar-refractivity contribution >= 4 is 61.8 Å². The van der Waals surface area contributed by atoms with Crippen LogP contribution in [0.5, 0.6) is 5.75 Å². The zero-order valence-corrected chi connectivity index (χ0v) is 27.2. The molecule has 1 aliphatic heterocycles. The van der Waals surface area contributed by atoms with E-state index in [0.29, 0.717) is 46.2 Å². The molecule has 0 aliphatic carbocycles. The first-order valence-electron chi connectivity index (χ1n) is 13.6. The van der Waals surface area contributed by atoms with Crippen molar-refractivity contribution in [2.45, 2.75) is 40.7 Å².